The Balaban J connectivity index is 1.48. The number of carbonyl (C=O) groups is 2. The van der Waals surface area contributed by atoms with E-state index in [2.05, 4.69) is 38.0 Å². The maximum atomic E-state index is 13.8. The first kappa shape index (κ1) is 22.1. The summed E-state index contributed by atoms with van der Waals surface area (Å²) < 4.78 is 1.02. The predicted octanol–water partition coefficient (Wildman–Crippen LogP) is 3.89. The molecule has 170 valence electrons. The number of hydrogen-bond donors (Lipinski definition) is 1. The van der Waals surface area contributed by atoms with Crippen molar-refractivity contribution in [2.75, 3.05) is 24.5 Å². The van der Waals surface area contributed by atoms with Crippen LogP contribution in [0.15, 0.2) is 22.7 Å². The number of carboxylic acid groups (broad SMARTS) is 1. The van der Waals surface area contributed by atoms with Crippen molar-refractivity contribution in [1.29, 1.82) is 5.26 Å². The average molecular weight is 531 g/mol. The first-order chi connectivity index (χ1) is 15.8. The molecule has 8 nitrogen and oxygen atoms in total. The van der Waals surface area contributed by atoms with Gasteiger partial charge in [-0.05, 0) is 54.5 Å². The molecule has 0 radical (unpaired) electrons. The van der Waals surface area contributed by atoms with Crippen LogP contribution in [0.3, 0.4) is 0 Å². The lowest BCUT2D eigenvalue weighted by Gasteiger charge is -2.41. The number of nitrogens with zero attached hydrogens (tertiary/aromatic N) is 5. The molecule has 1 aromatic heterocycles. The van der Waals surface area contributed by atoms with Crippen LogP contribution in [-0.2, 0) is 19.3 Å². The highest BCUT2D eigenvalue weighted by Gasteiger charge is 2.49. The number of rotatable bonds is 2. The molecule has 10 heteroatoms. The molecule has 1 aliphatic heterocycles. The van der Waals surface area contributed by atoms with E-state index in [1.165, 1.54) is 16.0 Å². The van der Waals surface area contributed by atoms with Crippen LogP contribution >= 0.6 is 27.5 Å². The highest BCUT2D eigenvalue weighted by atomic mass is 79.9. The van der Waals surface area contributed by atoms with E-state index in [9.17, 15) is 20.0 Å². The summed E-state index contributed by atoms with van der Waals surface area (Å²) in [4.78, 5) is 37.4. The number of aromatic nitrogens is 2. The summed E-state index contributed by atoms with van der Waals surface area (Å²) in [5, 5.41) is 18.7. The maximum absolute atomic E-state index is 13.8. The van der Waals surface area contributed by atoms with Gasteiger partial charge in [0.1, 0.15) is 11.5 Å². The van der Waals surface area contributed by atoms with Gasteiger partial charge in [0.15, 0.2) is 5.78 Å². The van der Waals surface area contributed by atoms with Crippen LogP contribution in [-0.4, -0.2) is 57.5 Å². The minimum Gasteiger partial charge on any atom is -0.465 e. The normalized spacial score (nSPS) is 23.9. The Morgan fingerprint density at radius 2 is 2.12 bits per heavy atom. The third-order valence-corrected chi connectivity index (χ3v) is 8.04. The average Bonchev–Trinajstić information content (AvgIpc) is 3.17. The SMILES string of the molecule is N#CC[C@H]1CN(c2nc(Cl)nc3c2CCC2(Cc4cccc(Br)c4C2)C3=O)CCN1C(=O)O. The molecule has 2 aliphatic carbocycles. The first-order valence-electron chi connectivity index (χ1n) is 10.8. The lowest BCUT2D eigenvalue weighted by Crippen LogP contribution is -2.55. The minimum absolute atomic E-state index is 0.00309. The van der Waals surface area contributed by atoms with Crippen LogP contribution < -0.4 is 4.90 Å². The van der Waals surface area contributed by atoms with Crippen LogP contribution in [0.1, 0.15) is 40.0 Å². The van der Waals surface area contributed by atoms with Gasteiger partial charge in [0, 0.05) is 35.1 Å². The van der Waals surface area contributed by atoms with E-state index < -0.39 is 17.6 Å². The van der Waals surface area contributed by atoms with Crippen molar-refractivity contribution in [1.82, 2.24) is 14.9 Å². The number of Topliss-reactive ketones (excluding diaryl/α,β-unsaturated/α-hetero) is 1. The molecule has 1 amide bonds. The van der Waals surface area contributed by atoms with Crippen molar-refractivity contribution < 1.29 is 14.7 Å². The molecule has 1 spiro atoms. The van der Waals surface area contributed by atoms with E-state index in [0.717, 1.165) is 10.0 Å². The molecule has 1 saturated heterocycles. The van der Waals surface area contributed by atoms with Gasteiger partial charge in [-0.3, -0.25) is 4.79 Å². The molecule has 1 unspecified atom stereocenters. The van der Waals surface area contributed by atoms with Gasteiger partial charge in [0.25, 0.3) is 0 Å². The second-order valence-corrected chi connectivity index (χ2v) is 10.1. The number of anilines is 1. The van der Waals surface area contributed by atoms with Crippen LogP contribution in [0.4, 0.5) is 10.6 Å². The van der Waals surface area contributed by atoms with Crippen molar-refractivity contribution in [3.63, 3.8) is 0 Å². The molecule has 0 saturated carbocycles. The lowest BCUT2D eigenvalue weighted by atomic mass is 9.70. The van der Waals surface area contributed by atoms with E-state index in [4.69, 9.17) is 11.6 Å². The summed E-state index contributed by atoms with van der Waals surface area (Å²) in [5.41, 5.74) is 2.98. The predicted molar refractivity (Wildman–Crippen MR) is 125 cm³/mol. The number of nitriles is 1. The monoisotopic (exact) mass is 529 g/mol. The van der Waals surface area contributed by atoms with E-state index in [1.54, 1.807) is 0 Å². The molecular formula is C23H21BrClN5O3. The highest BCUT2D eigenvalue weighted by Crippen LogP contribution is 2.48. The van der Waals surface area contributed by atoms with Gasteiger partial charge in [-0.15, -0.1) is 0 Å². The van der Waals surface area contributed by atoms with Gasteiger partial charge < -0.3 is 14.9 Å². The summed E-state index contributed by atoms with van der Waals surface area (Å²) in [6.45, 7) is 0.975. The van der Waals surface area contributed by atoms with Gasteiger partial charge in [-0.1, -0.05) is 28.1 Å². The van der Waals surface area contributed by atoms with E-state index in [0.29, 0.717) is 50.3 Å². The number of hydrogen-bond acceptors (Lipinski definition) is 6. The molecule has 2 heterocycles. The summed E-state index contributed by atoms with van der Waals surface area (Å²) >= 11 is 9.91. The Kier molecular flexibility index (Phi) is 5.53. The standard InChI is InChI=1S/C23H21BrClN5O3/c24-17-3-1-2-13-10-23(11-16(13)17)6-4-15-18(19(23)31)27-21(25)28-20(15)29-8-9-30(22(32)33)14(12-29)5-7-26/h1-3,14H,4-6,8-12H2,(H,32,33)/t14-,23?/m0/s1. The van der Waals surface area contributed by atoms with Crippen molar-refractivity contribution >= 4 is 45.2 Å². The molecule has 3 aliphatic rings. The van der Waals surface area contributed by atoms with Gasteiger partial charge in [-0.2, -0.15) is 5.26 Å². The molecule has 2 aromatic rings. The molecule has 2 atom stereocenters. The molecule has 1 N–H and O–H groups in total. The second-order valence-electron chi connectivity index (χ2n) is 8.92. The van der Waals surface area contributed by atoms with E-state index in [1.807, 2.05) is 17.0 Å². The summed E-state index contributed by atoms with van der Waals surface area (Å²) in [6, 6.07) is 7.67. The molecule has 33 heavy (non-hydrogen) atoms. The van der Waals surface area contributed by atoms with Crippen LogP contribution in [0.25, 0.3) is 0 Å². The number of halogens is 2. The molecule has 1 fully saturated rings. The Morgan fingerprint density at radius 1 is 1.30 bits per heavy atom. The minimum atomic E-state index is -1.04. The van der Waals surface area contributed by atoms with Gasteiger partial charge in [0.05, 0.1) is 18.5 Å². The molecule has 0 bridgehead atoms. The number of benzene rings is 1. The van der Waals surface area contributed by atoms with Crippen molar-refractivity contribution in [2.24, 2.45) is 5.41 Å². The number of carbonyl (C=O) groups excluding carboxylic acids is 1. The van der Waals surface area contributed by atoms with Gasteiger partial charge in [-0.25, -0.2) is 14.8 Å². The Bertz CT molecular complexity index is 1220. The highest BCUT2D eigenvalue weighted by molar-refractivity contribution is 9.10. The Hall–Kier alpha value is -2.70. The zero-order chi connectivity index (χ0) is 23.3. The number of fused-ring (bicyclic) bond motifs is 2. The molecule has 1 aromatic carbocycles. The largest absolute Gasteiger partial charge is 0.465 e. The lowest BCUT2D eigenvalue weighted by molar-refractivity contribution is 0.0764. The third-order valence-electron chi connectivity index (χ3n) is 7.12. The van der Waals surface area contributed by atoms with E-state index >= 15 is 0 Å². The smallest absolute Gasteiger partial charge is 0.407 e. The zero-order valence-corrected chi connectivity index (χ0v) is 20.1. The van der Waals surface area contributed by atoms with Crippen molar-refractivity contribution in [3.8, 4) is 6.07 Å². The Labute approximate surface area is 204 Å². The first-order valence-corrected chi connectivity index (χ1v) is 12.0. The Morgan fingerprint density at radius 3 is 2.85 bits per heavy atom. The third kappa shape index (κ3) is 3.65. The van der Waals surface area contributed by atoms with Crippen LogP contribution in [0, 0.1) is 16.7 Å². The fourth-order valence-corrected chi connectivity index (χ4v) is 6.22. The van der Waals surface area contributed by atoms with Gasteiger partial charge >= 0.3 is 6.09 Å². The van der Waals surface area contributed by atoms with Crippen molar-refractivity contribution in [3.05, 3.63) is 50.3 Å². The van der Waals surface area contributed by atoms with Crippen LogP contribution in [0.2, 0.25) is 5.28 Å². The quantitative estimate of drug-likeness (QED) is 0.587. The number of amides is 1. The fourth-order valence-electron chi connectivity index (χ4n) is 5.50. The topological polar surface area (TPSA) is 110 Å². The summed E-state index contributed by atoms with van der Waals surface area (Å²) in [7, 11) is 0. The fraction of sp³-hybridized carbons (Fsp3) is 0.435. The molecule has 5 rings (SSSR count). The van der Waals surface area contributed by atoms with Crippen molar-refractivity contribution in [2.45, 2.75) is 38.1 Å². The summed E-state index contributed by atoms with van der Waals surface area (Å²) in [5.74, 6) is 0.577. The van der Waals surface area contributed by atoms with Crippen LogP contribution in [0.5, 0.6) is 0 Å². The summed E-state index contributed by atoms with van der Waals surface area (Å²) in [6.07, 6.45) is 1.72. The number of ketones is 1. The zero-order valence-electron chi connectivity index (χ0n) is 17.7. The number of piperazine rings is 1. The maximum Gasteiger partial charge on any atom is 0.407 e. The van der Waals surface area contributed by atoms with E-state index in [-0.39, 0.29) is 24.0 Å². The second kappa shape index (κ2) is 8.26. The molecular weight excluding hydrogens is 510 g/mol. The van der Waals surface area contributed by atoms with Gasteiger partial charge in [0.2, 0.25) is 5.28 Å².